The Morgan fingerprint density at radius 3 is 2.81 bits per heavy atom. The van der Waals surface area contributed by atoms with Crippen LogP contribution >= 0.6 is 0 Å². The number of carbonyl (C=O) groups is 1. The van der Waals surface area contributed by atoms with Gasteiger partial charge >= 0.3 is 5.97 Å². The molecule has 1 aliphatic rings. The summed E-state index contributed by atoms with van der Waals surface area (Å²) in [7, 11) is 0. The van der Waals surface area contributed by atoms with E-state index in [2.05, 4.69) is 12.2 Å². The van der Waals surface area contributed by atoms with Gasteiger partial charge < -0.3 is 15.2 Å². The molecule has 2 N–H and O–H groups in total. The minimum atomic E-state index is -0.690. The molecule has 0 radical (unpaired) electrons. The molecule has 4 heteroatoms. The maximum atomic E-state index is 10.6. The van der Waals surface area contributed by atoms with E-state index in [4.69, 9.17) is 9.84 Å². The van der Waals surface area contributed by atoms with Gasteiger partial charge in [-0.2, -0.15) is 0 Å². The molecule has 94 valence electrons. The number of rotatable bonds is 7. The van der Waals surface area contributed by atoms with E-state index in [1.807, 2.05) is 0 Å². The maximum absolute atomic E-state index is 10.6. The average molecular weight is 229 g/mol. The lowest BCUT2D eigenvalue weighted by atomic mass is 10.0. The average Bonchev–Trinajstić information content (AvgIpc) is 2.70. The van der Waals surface area contributed by atoms with Crippen molar-refractivity contribution in [2.24, 2.45) is 5.92 Å². The summed E-state index contributed by atoms with van der Waals surface area (Å²) in [5.74, 6) is -0.910. The fourth-order valence-electron chi connectivity index (χ4n) is 2.01. The highest BCUT2D eigenvalue weighted by molar-refractivity contribution is 5.69. The van der Waals surface area contributed by atoms with Crippen LogP contribution in [0.2, 0.25) is 0 Å². The Balaban J connectivity index is 2.05. The van der Waals surface area contributed by atoms with E-state index in [9.17, 15) is 4.79 Å². The molecule has 1 rings (SSSR count). The van der Waals surface area contributed by atoms with Gasteiger partial charge in [0, 0.05) is 18.7 Å². The van der Waals surface area contributed by atoms with Gasteiger partial charge in [0.2, 0.25) is 0 Å². The molecular formula is C12H23NO3. The van der Waals surface area contributed by atoms with Crippen LogP contribution in [0.15, 0.2) is 0 Å². The summed E-state index contributed by atoms with van der Waals surface area (Å²) in [5.41, 5.74) is 0. The first-order valence-corrected chi connectivity index (χ1v) is 6.16. The van der Waals surface area contributed by atoms with E-state index < -0.39 is 5.97 Å². The van der Waals surface area contributed by atoms with Gasteiger partial charge in [0.25, 0.3) is 0 Å². The topological polar surface area (TPSA) is 58.6 Å². The molecule has 3 unspecified atom stereocenters. The molecule has 0 amide bonds. The molecule has 0 bridgehead atoms. The molecule has 1 saturated heterocycles. The molecule has 0 aliphatic carbocycles. The predicted molar refractivity (Wildman–Crippen MR) is 62.5 cm³/mol. The zero-order valence-corrected chi connectivity index (χ0v) is 10.2. The summed E-state index contributed by atoms with van der Waals surface area (Å²) in [6, 6.07) is 0.944. The Morgan fingerprint density at radius 2 is 2.25 bits per heavy atom. The van der Waals surface area contributed by atoms with Crippen LogP contribution in [0.4, 0.5) is 0 Å². The van der Waals surface area contributed by atoms with Gasteiger partial charge in [-0.25, -0.2) is 0 Å². The number of hydrogen-bond acceptors (Lipinski definition) is 3. The summed E-state index contributed by atoms with van der Waals surface area (Å²) in [5, 5.41) is 12.3. The Hall–Kier alpha value is -0.610. The third kappa shape index (κ3) is 4.94. The monoisotopic (exact) mass is 229 g/mol. The van der Waals surface area contributed by atoms with Gasteiger partial charge in [-0.15, -0.1) is 0 Å². The molecule has 4 nitrogen and oxygen atoms in total. The molecule has 0 spiro atoms. The van der Waals surface area contributed by atoms with Crippen LogP contribution < -0.4 is 5.32 Å². The largest absolute Gasteiger partial charge is 0.481 e. The van der Waals surface area contributed by atoms with E-state index in [0.717, 1.165) is 38.9 Å². The number of carboxylic acids is 1. The van der Waals surface area contributed by atoms with E-state index >= 15 is 0 Å². The summed E-state index contributed by atoms with van der Waals surface area (Å²) < 4.78 is 5.29. The Labute approximate surface area is 97.4 Å². The molecule has 0 aromatic rings. The summed E-state index contributed by atoms with van der Waals surface area (Å²) >= 11 is 0. The van der Waals surface area contributed by atoms with Crippen LogP contribution in [0.1, 0.15) is 39.5 Å². The summed E-state index contributed by atoms with van der Waals surface area (Å²) in [6.45, 7) is 5.60. The first-order chi connectivity index (χ1) is 7.59. The second-order valence-corrected chi connectivity index (χ2v) is 4.80. The van der Waals surface area contributed by atoms with Crippen LogP contribution in [0.25, 0.3) is 0 Å². The standard InChI is InChI=1S/C12H23NO3/c1-9(12(14)15)4-3-5-10(2)13-11-6-7-16-8-11/h9-11,13H,3-8H2,1-2H3,(H,14,15). The lowest BCUT2D eigenvalue weighted by Gasteiger charge is -2.18. The van der Waals surface area contributed by atoms with Gasteiger partial charge in [-0.3, -0.25) is 4.79 Å². The number of carboxylic acid groups (broad SMARTS) is 1. The highest BCUT2D eigenvalue weighted by atomic mass is 16.5. The third-order valence-electron chi connectivity index (χ3n) is 3.15. The van der Waals surface area contributed by atoms with E-state index in [0.29, 0.717) is 12.1 Å². The fourth-order valence-corrected chi connectivity index (χ4v) is 2.01. The van der Waals surface area contributed by atoms with Crippen molar-refractivity contribution in [2.75, 3.05) is 13.2 Å². The van der Waals surface area contributed by atoms with Crippen LogP contribution in [0, 0.1) is 5.92 Å². The van der Waals surface area contributed by atoms with Crippen molar-refractivity contribution in [3.05, 3.63) is 0 Å². The Morgan fingerprint density at radius 1 is 1.50 bits per heavy atom. The molecule has 3 atom stereocenters. The van der Waals surface area contributed by atoms with Crippen molar-refractivity contribution in [3.8, 4) is 0 Å². The molecule has 1 fully saturated rings. The molecule has 1 heterocycles. The van der Waals surface area contributed by atoms with Crippen molar-refractivity contribution in [3.63, 3.8) is 0 Å². The van der Waals surface area contributed by atoms with Crippen LogP contribution in [0.3, 0.4) is 0 Å². The van der Waals surface area contributed by atoms with Crippen molar-refractivity contribution in [1.29, 1.82) is 0 Å². The number of ether oxygens (including phenoxy) is 1. The second kappa shape index (κ2) is 6.86. The van der Waals surface area contributed by atoms with Crippen molar-refractivity contribution in [2.45, 2.75) is 51.6 Å². The van der Waals surface area contributed by atoms with Gasteiger partial charge in [-0.1, -0.05) is 13.3 Å². The van der Waals surface area contributed by atoms with Crippen molar-refractivity contribution < 1.29 is 14.6 Å². The Bertz CT molecular complexity index is 214. The van der Waals surface area contributed by atoms with Gasteiger partial charge in [0.15, 0.2) is 0 Å². The molecule has 0 saturated carbocycles. The zero-order valence-electron chi connectivity index (χ0n) is 10.2. The number of nitrogens with one attached hydrogen (secondary N) is 1. The lowest BCUT2D eigenvalue weighted by Crippen LogP contribution is -2.36. The minimum Gasteiger partial charge on any atom is -0.481 e. The number of aliphatic carboxylic acids is 1. The fraction of sp³-hybridized carbons (Fsp3) is 0.917. The first kappa shape index (κ1) is 13.5. The number of hydrogen-bond donors (Lipinski definition) is 2. The van der Waals surface area contributed by atoms with Gasteiger partial charge in [0.1, 0.15) is 0 Å². The second-order valence-electron chi connectivity index (χ2n) is 4.80. The molecule has 1 aliphatic heterocycles. The molecule has 0 aromatic heterocycles. The van der Waals surface area contributed by atoms with Crippen LogP contribution in [-0.2, 0) is 9.53 Å². The van der Waals surface area contributed by atoms with Gasteiger partial charge in [0.05, 0.1) is 12.5 Å². The van der Waals surface area contributed by atoms with E-state index in [1.165, 1.54) is 0 Å². The zero-order chi connectivity index (χ0) is 12.0. The molecule has 16 heavy (non-hydrogen) atoms. The SMILES string of the molecule is CC(CCCC(C)C(=O)O)NC1CCOC1. The highest BCUT2D eigenvalue weighted by Crippen LogP contribution is 2.11. The molecular weight excluding hydrogens is 206 g/mol. The van der Waals surface area contributed by atoms with Crippen LogP contribution in [0.5, 0.6) is 0 Å². The third-order valence-corrected chi connectivity index (χ3v) is 3.15. The van der Waals surface area contributed by atoms with Crippen molar-refractivity contribution in [1.82, 2.24) is 5.32 Å². The van der Waals surface area contributed by atoms with Crippen LogP contribution in [-0.4, -0.2) is 36.4 Å². The van der Waals surface area contributed by atoms with E-state index in [1.54, 1.807) is 6.92 Å². The summed E-state index contributed by atoms with van der Waals surface area (Å²) in [4.78, 5) is 10.6. The normalized spacial score (nSPS) is 24.2. The summed E-state index contributed by atoms with van der Waals surface area (Å²) in [6.07, 6.45) is 3.86. The predicted octanol–water partition coefficient (Wildman–Crippen LogP) is 1.64. The van der Waals surface area contributed by atoms with Crippen molar-refractivity contribution >= 4 is 5.97 Å². The lowest BCUT2D eigenvalue weighted by molar-refractivity contribution is -0.141. The van der Waals surface area contributed by atoms with Gasteiger partial charge in [-0.05, 0) is 26.2 Å². The quantitative estimate of drug-likeness (QED) is 0.697. The minimum absolute atomic E-state index is 0.220. The molecule has 0 aromatic carbocycles. The highest BCUT2D eigenvalue weighted by Gasteiger charge is 2.17. The Kier molecular flexibility index (Phi) is 5.77. The maximum Gasteiger partial charge on any atom is 0.306 e. The van der Waals surface area contributed by atoms with E-state index in [-0.39, 0.29) is 5.92 Å². The smallest absolute Gasteiger partial charge is 0.306 e. The first-order valence-electron chi connectivity index (χ1n) is 6.16.